The minimum atomic E-state index is 0.307. The molecule has 3 N–H and O–H groups in total. The standard InChI is InChI=1S/C15H26N4S/c1-19(2)13(14-9-6-10-20-14)11-17-15(16)18-12-7-4-3-5-8-12/h6,9-10,12-13H,3-5,7-8,11H2,1-2H3,(H3,16,17,18). The molecule has 1 aliphatic rings. The Morgan fingerprint density at radius 2 is 2.20 bits per heavy atom. The lowest BCUT2D eigenvalue weighted by atomic mass is 9.96. The summed E-state index contributed by atoms with van der Waals surface area (Å²) >= 11 is 1.77. The highest BCUT2D eigenvalue weighted by Crippen LogP contribution is 2.23. The lowest BCUT2D eigenvalue weighted by Gasteiger charge is -2.24. The van der Waals surface area contributed by atoms with Crippen LogP contribution in [0.5, 0.6) is 0 Å². The third kappa shape index (κ3) is 4.49. The molecule has 0 aliphatic heterocycles. The molecule has 1 atom stereocenters. The van der Waals surface area contributed by atoms with Crippen LogP contribution in [-0.2, 0) is 0 Å². The van der Waals surface area contributed by atoms with Crippen LogP contribution in [0.1, 0.15) is 43.0 Å². The van der Waals surface area contributed by atoms with Crippen molar-refractivity contribution in [2.75, 3.05) is 20.6 Å². The number of hydrogen-bond donors (Lipinski definition) is 2. The lowest BCUT2D eigenvalue weighted by Crippen LogP contribution is -2.41. The van der Waals surface area contributed by atoms with Crippen LogP contribution in [0.15, 0.2) is 22.5 Å². The fourth-order valence-electron chi connectivity index (χ4n) is 2.68. The van der Waals surface area contributed by atoms with Crippen molar-refractivity contribution in [1.29, 1.82) is 0 Å². The van der Waals surface area contributed by atoms with Gasteiger partial charge in [-0.2, -0.15) is 0 Å². The number of nitrogens with one attached hydrogen (secondary N) is 1. The topological polar surface area (TPSA) is 53.6 Å². The number of nitrogens with two attached hydrogens (primary N) is 1. The van der Waals surface area contributed by atoms with E-state index in [0.29, 0.717) is 24.6 Å². The first-order valence-electron chi connectivity index (χ1n) is 7.43. The summed E-state index contributed by atoms with van der Waals surface area (Å²) in [6.45, 7) is 0.707. The zero-order chi connectivity index (χ0) is 14.4. The van der Waals surface area contributed by atoms with Gasteiger partial charge in [0, 0.05) is 10.9 Å². The Morgan fingerprint density at radius 3 is 2.80 bits per heavy atom. The van der Waals surface area contributed by atoms with Crippen molar-refractivity contribution in [3.63, 3.8) is 0 Å². The lowest BCUT2D eigenvalue weighted by molar-refractivity contribution is 0.310. The Bertz CT molecular complexity index is 408. The van der Waals surface area contributed by atoms with Crippen molar-refractivity contribution in [1.82, 2.24) is 10.2 Å². The normalized spacial score (nSPS) is 19.2. The van der Waals surface area contributed by atoms with E-state index in [1.807, 2.05) is 0 Å². The molecule has 0 bridgehead atoms. The second kappa shape index (κ2) is 7.64. The first-order valence-corrected chi connectivity index (χ1v) is 8.31. The highest BCUT2D eigenvalue weighted by Gasteiger charge is 2.16. The van der Waals surface area contributed by atoms with Crippen LogP contribution in [-0.4, -0.2) is 37.5 Å². The van der Waals surface area contributed by atoms with Crippen LogP contribution in [0, 0.1) is 0 Å². The molecule has 1 aromatic heterocycles. The van der Waals surface area contributed by atoms with Gasteiger partial charge in [0.05, 0.1) is 12.6 Å². The number of likely N-dealkylation sites (N-methyl/N-ethyl adjacent to an activating group) is 1. The molecule has 5 heteroatoms. The first-order chi connectivity index (χ1) is 9.66. The molecular formula is C15H26N4S. The molecule has 0 radical (unpaired) electrons. The summed E-state index contributed by atoms with van der Waals surface area (Å²) < 4.78 is 0. The maximum atomic E-state index is 6.03. The molecule has 0 amide bonds. The second-order valence-corrected chi connectivity index (χ2v) is 6.68. The van der Waals surface area contributed by atoms with Gasteiger partial charge < -0.3 is 16.0 Å². The minimum absolute atomic E-state index is 0.307. The highest BCUT2D eigenvalue weighted by molar-refractivity contribution is 7.10. The largest absolute Gasteiger partial charge is 0.370 e. The molecule has 1 heterocycles. The average Bonchev–Trinajstić information content (AvgIpc) is 2.93. The van der Waals surface area contributed by atoms with Gasteiger partial charge in [0.15, 0.2) is 5.96 Å². The Balaban J connectivity index is 1.88. The molecule has 0 spiro atoms. The van der Waals surface area contributed by atoms with Crippen LogP contribution >= 0.6 is 11.3 Å². The van der Waals surface area contributed by atoms with Gasteiger partial charge in [-0.1, -0.05) is 25.3 Å². The molecular weight excluding hydrogens is 268 g/mol. The predicted octanol–water partition coefficient (Wildman–Crippen LogP) is 2.59. The van der Waals surface area contributed by atoms with Crippen molar-refractivity contribution in [2.45, 2.75) is 44.2 Å². The third-order valence-electron chi connectivity index (χ3n) is 3.89. The average molecular weight is 294 g/mol. The summed E-state index contributed by atoms with van der Waals surface area (Å²) in [5, 5.41) is 5.48. The number of hydrogen-bond acceptors (Lipinski definition) is 3. The second-order valence-electron chi connectivity index (χ2n) is 5.70. The molecule has 1 aromatic rings. The summed E-state index contributed by atoms with van der Waals surface area (Å²) in [5.41, 5.74) is 6.03. The summed E-state index contributed by atoms with van der Waals surface area (Å²) in [6.07, 6.45) is 6.41. The van der Waals surface area contributed by atoms with Crippen molar-refractivity contribution in [2.24, 2.45) is 10.7 Å². The van der Waals surface area contributed by atoms with Gasteiger partial charge in [0.25, 0.3) is 0 Å². The quantitative estimate of drug-likeness (QED) is 0.648. The fourth-order valence-corrected chi connectivity index (χ4v) is 3.59. The highest BCUT2D eigenvalue weighted by atomic mass is 32.1. The molecule has 1 saturated carbocycles. The minimum Gasteiger partial charge on any atom is -0.370 e. The molecule has 1 aliphatic carbocycles. The van der Waals surface area contributed by atoms with Crippen molar-refractivity contribution in [3.05, 3.63) is 22.4 Å². The van der Waals surface area contributed by atoms with Crippen LogP contribution in [0.25, 0.3) is 0 Å². The smallest absolute Gasteiger partial charge is 0.188 e. The van der Waals surface area contributed by atoms with E-state index in [-0.39, 0.29) is 0 Å². The summed E-state index contributed by atoms with van der Waals surface area (Å²) in [5.74, 6) is 0.598. The predicted molar refractivity (Wildman–Crippen MR) is 87.2 cm³/mol. The van der Waals surface area contributed by atoms with E-state index in [4.69, 9.17) is 5.73 Å². The van der Waals surface area contributed by atoms with Crippen LogP contribution < -0.4 is 11.1 Å². The van der Waals surface area contributed by atoms with E-state index in [0.717, 1.165) is 0 Å². The van der Waals surface area contributed by atoms with E-state index in [1.54, 1.807) is 11.3 Å². The molecule has 2 rings (SSSR count). The summed E-state index contributed by atoms with van der Waals surface area (Å²) in [6, 6.07) is 5.08. The zero-order valence-electron chi connectivity index (χ0n) is 12.5. The van der Waals surface area contributed by atoms with E-state index in [9.17, 15) is 0 Å². The van der Waals surface area contributed by atoms with E-state index >= 15 is 0 Å². The fraction of sp³-hybridized carbons (Fsp3) is 0.667. The zero-order valence-corrected chi connectivity index (χ0v) is 13.3. The van der Waals surface area contributed by atoms with Gasteiger partial charge in [0.1, 0.15) is 0 Å². The molecule has 4 nitrogen and oxygen atoms in total. The Morgan fingerprint density at radius 1 is 1.45 bits per heavy atom. The maximum absolute atomic E-state index is 6.03. The van der Waals surface area contributed by atoms with Gasteiger partial charge in [-0.3, -0.25) is 4.99 Å². The Kier molecular flexibility index (Phi) is 5.86. The molecule has 1 fully saturated rings. The van der Waals surface area contributed by atoms with Gasteiger partial charge in [0.2, 0.25) is 0 Å². The molecule has 112 valence electrons. The van der Waals surface area contributed by atoms with Gasteiger partial charge in [-0.05, 0) is 38.4 Å². The van der Waals surface area contributed by atoms with E-state index < -0.39 is 0 Å². The number of thiophene rings is 1. The van der Waals surface area contributed by atoms with Gasteiger partial charge in [-0.15, -0.1) is 11.3 Å². The Hall–Kier alpha value is -1.07. The van der Waals surface area contributed by atoms with Crippen molar-refractivity contribution < 1.29 is 0 Å². The van der Waals surface area contributed by atoms with Gasteiger partial charge >= 0.3 is 0 Å². The van der Waals surface area contributed by atoms with E-state index in [1.165, 1.54) is 37.0 Å². The summed E-state index contributed by atoms with van der Waals surface area (Å²) in [7, 11) is 4.18. The third-order valence-corrected chi connectivity index (χ3v) is 4.86. The van der Waals surface area contributed by atoms with Crippen LogP contribution in [0.2, 0.25) is 0 Å². The monoisotopic (exact) mass is 294 g/mol. The van der Waals surface area contributed by atoms with Gasteiger partial charge in [-0.25, -0.2) is 0 Å². The maximum Gasteiger partial charge on any atom is 0.188 e. The van der Waals surface area contributed by atoms with Crippen LogP contribution in [0.4, 0.5) is 0 Å². The SMILES string of the molecule is CN(C)C(CN=C(N)NC1CCCCC1)c1cccs1. The number of guanidine groups is 1. The molecule has 1 unspecified atom stereocenters. The first kappa shape index (κ1) is 15.3. The summed E-state index contributed by atoms with van der Waals surface area (Å²) in [4.78, 5) is 8.08. The molecule has 0 aromatic carbocycles. The van der Waals surface area contributed by atoms with E-state index in [2.05, 4.69) is 46.8 Å². The number of aliphatic imine (C=N–C) groups is 1. The van der Waals surface area contributed by atoms with Crippen molar-refractivity contribution >= 4 is 17.3 Å². The number of rotatable bonds is 5. The van der Waals surface area contributed by atoms with Crippen molar-refractivity contribution in [3.8, 4) is 0 Å². The molecule has 20 heavy (non-hydrogen) atoms. The Labute approximate surface area is 126 Å². The van der Waals surface area contributed by atoms with Crippen LogP contribution in [0.3, 0.4) is 0 Å². The molecule has 0 saturated heterocycles. The number of nitrogens with zero attached hydrogens (tertiary/aromatic N) is 2.